The highest BCUT2D eigenvalue weighted by Gasteiger charge is 2.29. The Morgan fingerprint density at radius 1 is 1.26 bits per heavy atom. The molecule has 2 N–H and O–H groups in total. The fourth-order valence-corrected chi connectivity index (χ4v) is 3.47. The number of hydrogen-bond donors (Lipinski definition) is 1. The van der Waals surface area contributed by atoms with E-state index in [1.54, 1.807) is 0 Å². The number of carbonyl (C=O) groups excluding carboxylic acids is 1. The van der Waals surface area contributed by atoms with Crippen LogP contribution in [0.5, 0.6) is 0 Å². The highest BCUT2D eigenvalue weighted by molar-refractivity contribution is 5.84. The molecule has 5 nitrogen and oxygen atoms in total. The summed E-state index contributed by atoms with van der Waals surface area (Å²) in [5.74, 6) is 0.409. The van der Waals surface area contributed by atoms with Gasteiger partial charge in [-0.25, -0.2) is 0 Å². The van der Waals surface area contributed by atoms with Crippen molar-refractivity contribution in [3.63, 3.8) is 0 Å². The topological polar surface area (TPSA) is 64.2 Å². The zero-order valence-electron chi connectivity index (χ0n) is 13.6. The van der Waals surface area contributed by atoms with E-state index in [0.717, 1.165) is 31.5 Å². The zero-order valence-corrected chi connectivity index (χ0v) is 13.6. The molecule has 1 amide bonds. The standard InChI is InChI=1S/C18H24N4O/c1-21-17(7-10-20-21)15-8-11-22(12-9-15)18(23)16(13-19)14-5-3-2-4-6-14/h2-7,10,15-16H,8-9,11-13,19H2,1H3. The number of benzene rings is 1. The molecule has 0 aliphatic carbocycles. The molecule has 0 bridgehead atoms. The van der Waals surface area contributed by atoms with E-state index in [-0.39, 0.29) is 11.8 Å². The highest BCUT2D eigenvalue weighted by Crippen LogP contribution is 2.29. The van der Waals surface area contributed by atoms with E-state index in [2.05, 4.69) is 11.2 Å². The van der Waals surface area contributed by atoms with Gasteiger partial charge in [0.2, 0.25) is 5.91 Å². The van der Waals surface area contributed by atoms with Gasteiger partial charge in [0.1, 0.15) is 0 Å². The Hall–Kier alpha value is -2.14. The third kappa shape index (κ3) is 3.29. The van der Waals surface area contributed by atoms with Crippen molar-refractivity contribution in [2.24, 2.45) is 12.8 Å². The first-order valence-corrected chi connectivity index (χ1v) is 8.22. The molecule has 1 saturated heterocycles. The van der Waals surface area contributed by atoms with Crippen molar-refractivity contribution in [2.75, 3.05) is 19.6 Å². The molecule has 2 aromatic rings. The lowest BCUT2D eigenvalue weighted by Crippen LogP contribution is -2.42. The monoisotopic (exact) mass is 312 g/mol. The average Bonchev–Trinajstić information content (AvgIpc) is 3.02. The lowest BCUT2D eigenvalue weighted by molar-refractivity contribution is -0.133. The summed E-state index contributed by atoms with van der Waals surface area (Å²) in [5, 5.41) is 4.25. The molecular weight excluding hydrogens is 288 g/mol. The van der Waals surface area contributed by atoms with Crippen molar-refractivity contribution in [3.05, 3.63) is 53.9 Å². The van der Waals surface area contributed by atoms with Gasteiger partial charge < -0.3 is 10.6 Å². The number of amides is 1. The summed E-state index contributed by atoms with van der Waals surface area (Å²) in [4.78, 5) is 14.8. The molecule has 1 aliphatic heterocycles. The summed E-state index contributed by atoms with van der Waals surface area (Å²) >= 11 is 0. The van der Waals surface area contributed by atoms with Crippen LogP contribution in [0.15, 0.2) is 42.6 Å². The second-order valence-corrected chi connectivity index (χ2v) is 6.18. The lowest BCUT2D eigenvalue weighted by Gasteiger charge is -2.34. The van der Waals surface area contributed by atoms with E-state index in [1.165, 1.54) is 5.69 Å². The van der Waals surface area contributed by atoms with Crippen LogP contribution >= 0.6 is 0 Å². The number of piperidine rings is 1. The van der Waals surface area contributed by atoms with Crippen molar-refractivity contribution in [1.29, 1.82) is 0 Å². The molecule has 1 aromatic heterocycles. The normalized spacial score (nSPS) is 17.2. The van der Waals surface area contributed by atoms with Crippen LogP contribution < -0.4 is 5.73 Å². The van der Waals surface area contributed by atoms with Crippen molar-refractivity contribution >= 4 is 5.91 Å². The number of nitrogens with zero attached hydrogens (tertiary/aromatic N) is 3. The Balaban J connectivity index is 1.65. The minimum Gasteiger partial charge on any atom is -0.342 e. The van der Waals surface area contributed by atoms with Crippen LogP contribution in [0.1, 0.15) is 35.9 Å². The van der Waals surface area contributed by atoms with E-state index < -0.39 is 0 Å². The summed E-state index contributed by atoms with van der Waals surface area (Å²) in [6.45, 7) is 1.93. The molecule has 3 rings (SSSR count). The second kappa shape index (κ2) is 6.96. The van der Waals surface area contributed by atoms with Gasteiger partial charge >= 0.3 is 0 Å². The summed E-state index contributed by atoms with van der Waals surface area (Å²) < 4.78 is 1.94. The van der Waals surface area contributed by atoms with Gasteiger partial charge in [-0.15, -0.1) is 0 Å². The first-order valence-electron chi connectivity index (χ1n) is 8.22. The number of carbonyl (C=O) groups is 1. The third-order valence-electron chi connectivity index (χ3n) is 4.82. The molecular formula is C18H24N4O. The molecule has 23 heavy (non-hydrogen) atoms. The zero-order chi connectivity index (χ0) is 16.2. The van der Waals surface area contributed by atoms with E-state index in [1.807, 2.05) is 53.2 Å². The lowest BCUT2D eigenvalue weighted by atomic mass is 9.91. The summed E-state index contributed by atoms with van der Waals surface area (Å²) in [5.41, 5.74) is 8.15. The van der Waals surface area contributed by atoms with Crippen LogP contribution in [-0.2, 0) is 11.8 Å². The van der Waals surface area contributed by atoms with Crippen LogP contribution in [0.3, 0.4) is 0 Å². The molecule has 5 heteroatoms. The number of aromatic nitrogens is 2. The van der Waals surface area contributed by atoms with Gasteiger partial charge in [-0.05, 0) is 24.5 Å². The van der Waals surface area contributed by atoms with Gasteiger partial charge in [0.25, 0.3) is 0 Å². The van der Waals surface area contributed by atoms with Crippen LogP contribution in [0.2, 0.25) is 0 Å². The molecule has 1 fully saturated rings. The van der Waals surface area contributed by atoms with Crippen LogP contribution in [0, 0.1) is 0 Å². The molecule has 0 saturated carbocycles. The Morgan fingerprint density at radius 2 is 1.96 bits per heavy atom. The largest absolute Gasteiger partial charge is 0.342 e. The molecule has 1 unspecified atom stereocenters. The van der Waals surface area contributed by atoms with Crippen LogP contribution in [-0.4, -0.2) is 40.2 Å². The highest BCUT2D eigenvalue weighted by atomic mass is 16.2. The van der Waals surface area contributed by atoms with Gasteiger partial charge in [-0.3, -0.25) is 9.48 Å². The predicted octanol–water partition coefficient (Wildman–Crippen LogP) is 1.87. The van der Waals surface area contributed by atoms with E-state index in [9.17, 15) is 4.79 Å². The molecule has 0 spiro atoms. The van der Waals surface area contributed by atoms with E-state index in [4.69, 9.17) is 5.73 Å². The second-order valence-electron chi connectivity index (χ2n) is 6.18. The van der Waals surface area contributed by atoms with Gasteiger partial charge in [0.15, 0.2) is 0 Å². The maximum absolute atomic E-state index is 12.8. The van der Waals surface area contributed by atoms with Gasteiger partial charge in [0, 0.05) is 44.5 Å². The number of rotatable bonds is 4. The first-order chi connectivity index (χ1) is 11.2. The Kier molecular flexibility index (Phi) is 4.76. The fourth-order valence-electron chi connectivity index (χ4n) is 3.47. The summed E-state index contributed by atoms with van der Waals surface area (Å²) in [7, 11) is 1.98. The van der Waals surface area contributed by atoms with Crippen molar-refractivity contribution in [2.45, 2.75) is 24.7 Å². The predicted molar refractivity (Wildman–Crippen MR) is 90.0 cm³/mol. The molecule has 122 valence electrons. The summed E-state index contributed by atoms with van der Waals surface area (Å²) in [6.07, 6.45) is 3.81. The van der Waals surface area contributed by atoms with Gasteiger partial charge in [-0.2, -0.15) is 5.10 Å². The van der Waals surface area contributed by atoms with Gasteiger partial charge in [0.05, 0.1) is 5.92 Å². The van der Waals surface area contributed by atoms with Crippen molar-refractivity contribution in [1.82, 2.24) is 14.7 Å². The molecule has 2 heterocycles. The molecule has 1 atom stereocenters. The number of likely N-dealkylation sites (tertiary alicyclic amines) is 1. The maximum atomic E-state index is 12.8. The summed E-state index contributed by atoms with van der Waals surface area (Å²) in [6, 6.07) is 11.9. The SMILES string of the molecule is Cn1nccc1C1CCN(C(=O)C(CN)c2ccccc2)CC1. The minimum absolute atomic E-state index is 0.155. The number of nitrogens with two attached hydrogens (primary N) is 1. The van der Waals surface area contributed by atoms with Gasteiger partial charge in [-0.1, -0.05) is 30.3 Å². The van der Waals surface area contributed by atoms with Crippen molar-refractivity contribution < 1.29 is 4.79 Å². The molecule has 1 aromatic carbocycles. The average molecular weight is 312 g/mol. The van der Waals surface area contributed by atoms with Crippen molar-refractivity contribution in [3.8, 4) is 0 Å². The number of hydrogen-bond acceptors (Lipinski definition) is 3. The Bertz CT molecular complexity index is 644. The first kappa shape index (κ1) is 15.7. The number of aryl methyl sites for hydroxylation is 1. The quantitative estimate of drug-likeness (QED) is 0.937. The maximum Gasteiger partial charge on any atom is 0.231 e. The van der Waals surface area contributed by atoms with Crippen LogP contribution in [0.4, 0.5) is 0 Å². The van der Waals surface area contributed by atoms with Crippen LogP contribution in [0.25, 0.3) is 0 Å². The van der Waals surface area contributed by atoms with E-state index in [0.29, 0.717) is 12.5 Å². The minimum atomic E-state index is -0.232. The Morgan fingerprint density at radius 3 is 2.52 bits per heavy atom. The molecule has 0 radical (unpaired) electrons. The molecule has 1 aliphatic rings. The third-order valence-corrected chi connectivity index (χ3v) is 4.82. The smallest absolute Gasteiger partial charge is 0.231 e. The van der Waals surface area contributed by atoms with E-state index >= 15 is 0 Å². The Labute approximate surface area is 137 Å². The fraction of sp³-hybridized carbons (Fsp3) is 0.444.